The first kappa shape index (κ1) is 14.5. The number of nitrogens with two attached hydrogens (primary N) is 1. The van der Waals surface area contributed by atoms with E-state index in [1.165, 1.54) is 24.1 Å². The highest BCUT2D eigenvalue weighted by Gasteiger charge is 2.36. The zero-order valence-corrected chi connectivity index (χ0v) is 12.8. The van der Waals surface area contributed by atoms with Gasteiger partial charge in [0.05, 0.1) is 6.04 Å². The van der Waals surface area contributed by atoms with Gasteiger partial charge in [0.25, 0.3) is 0 Å². The maximum atomic E-state index is 6.44. The monoisotopic (exact) mass is 260 g/mol. The molecule has 1 saturated heterocycles. The molecular formula is C17H28N2. The molecule has 0 radical (unpaired) electrons. The van der Waals surface area contributed by atoms with E-state index in [1.54, 1.807) is 0 Å². The number of rotatable bonds is 4. The van der Waals surface area contributed by atoms with Gasteiger partial charge in [-0.05, 0) is 42.9 Å². The van der Waals surface area contributed by atoms with Crippen molar-refractivity contribution < 1.29 is 0 Å². The van der Waals surface area contributed by atoms with Gasteiger partial charge < -0.3 is 5.73 Å². The molecule has 2 atom stereocenters. The highest BCUT2D eigenvalue weighted by atomic mass is 15.2. The predicted octanol–water partition coefficient (Wildman–Crippen LogP) is 3.51. The summed E-state index contributed by atoms with van der Waals surface area (Å²) in [7, 11) is 0. The fraction of sp³-hybridized carbons (Fsp3) is 0.647. The van der Waals surface area contributed by atoms with Crippen LogP contribution in [0.4, 0.5) is 0 Å². The van der Waals surface area contributed by atoms with Crippen molar-refractivity contribution >= 4 is 0 Å². The lowest BCUT2D eigenvalue weighted by Crippen LogP contribution is -2.40. The molecule has 1 aliphatic heterocycles. The van der Waals surface area contributed by atoms with E-state index in [-0.39, 0.29) is 6.04 Å². The van der Waals surface area contributed by atoms with E-state index in [2.05, 4.69) is 56.9 Å². The first-order valence-corrected chi connectivity index (χ1v) is 7.50. The molecule has 0 aliphatic carbocycles. The minimum atomic E-state index is 0.218. The first-order chi connectivity index (χ1) is 8.94. The molecule has 1 aliphatic rings. The van der Waals surface area contributed by atoms with Gasteiger partial charge in [-0.2, -0.15) is 0 Å². The molecule has 2 heteroatoms. The summed E-state index contributed by atoms with van der Waals surface area (Å²) in [5.41, 5.74) is 9.64. The van der Waals surface area contributed by atoms with Crippen LogP contribution >= 0.6 is 0 Å². The normalized spacial score (nSPS) is 22.4. The van der Waals surface area contributed by atoms with Crippen LogP contribution in [0.2, 0.25) is 0 Å². The van der Waals surface area contributed by atoms with Crippen molar-refractivity contribution in [3.8, 4) is 0 Å². The maximum absolute atomic E-state index is 6.44. The lowest BCUT2D eigenvalue weighted by Gasteiger charge is -2.34. The highest BCUT2D eigenvalue weighted by molar-refractivity contribution is 5.30. The second kappa shape index (κ2) is 5.64. The third-order valence-electron chi connectivity index (χ3n) is 4.48. The van der Waals surface area contributed by atoms with E-state index in [9.17, 15) is 0 Å². The second-order valence-corrected chi connectivity index (χ2v) is 6.76. The average molecular weight is 260 g/mol. The molecule has 2 nitrogen and oxygen atoms in total. The van der Waals surface area contributed by atoms with Gasteiger partial charge in [0.15, 0.2) is 0 Å². The number of likely N-dealkylation sites (tertiary alicyclic amines) is 1. The summed E-state index contributed by atoms with van der Waals surface area (Å²) in [5, 5.41) is 0. The van der Waals surface area contributed by atoms with Gasteiger partial charge in [0.1, 0.15) is 0 Å². The quantitative estimate of drug-likeness (QED) is 0.897. The molecule has 0 amide bonds. The molecule has 19 heavy (non-hydrogen) atoms. The van der Waals surface area contributed by atoms with Crippen molar-refractivity contribution in [2.24, 2.45) is 11.1 Å². The Kier molecular flexibility index (Phi) is 4.32. The smallest absolute Gasteiger partial charge is 0.0501 e. The van der Waals surface area contributed by atoms with Crippen LogP contribution in [0.3, 0.4) is 0 Å². The molecule has 2 unspecified atom stereocenters. The Balaban J connectivity index is 2.30. The molecule has 1 fully saturated rings. The van der Waals surface area contributed by atoms with Crippen LogP contribution < -0.4 is 5.73 Å². The molecule has 2 rings (SSSR count). The number of hydrogen-bond acceptors (Lipinski definition) is 2. The summed E-state index contributed by atoms with van der Waals surface area (Å²) < 4.78 is 0. The van der Waals surface area contributed by atoms with Crippen LogP contribution in [0.15, 0.2) is 24.3 Å². The van der Waals surface area contributed by atoms with E-state index in [1.807, 2.05) is 0 Å². The Hall–Kier alpha value is -0.860. The van der Waals surface area contributed by atoms with E-state index >= 15 is 0 Å². The molecule has 1 aromatic carbocycles. The minimum absolute atomic E-state index is 0.218. The molecule has 1 aromatic rings. The van der Waals surface area contributed by atoms with Crippen molar-refractivity contribution in [2.45, 2.75) is 52.6 Å². The summed E-state index contributed by atoms with van der Waals surface area (Å²) in [6.45, 7) is 11.4. The summed E-state index contributed by atoms with van der Waals surface area (Å²) in [6, 6.07) is 9.29. The Bertz CT molecular complexity index is 425. The van der Waals surface area contributed by atoms with Gasteiger partial charge in [-0.3, -0.25) is 4.90 Å². The number of hydrogen-bond donors (Lipinski definition) is 1. The van der Waals surface area contributed by atoms with Crippen LogP contribution in [0.5, 0.6) is 0 Å². The van der Waals surface area contributed by atoms with Gasteiger partial charge in [0.2, 0.25) is 0 Å². The topological polar surface area (TPSA) is 29.3 Å². The Morgan fingerprint density at radius 2 is 2.00 bits per heavy atom. The van der Waals surface area contributed by atoms with E-state index in [4.69, 9.17) is 5.73 Å². The molecule has 0 bridgehead atoms. The van der Waals surface area contributed by atoms with Crippen LogP contribution in [-0.4, -0.2) is 24.0 Å². The fourth-order valence-corrected chi connectivity index (χ4v) is 3.23. The first-order valence-electron chi connectivity index (χ1n) is 7.50. The molecule has 2 N–H and O–H groups in total. The third kappa shape index (κ3) is 3.18. The van der Waals surface area contributed by atoms with Gasteiger partial charge in [-0.15, -0.1) is 0 Å². The summed E-state index contributed by atoms with van der Waals surface area (Å²) in [4.78, 5) is 2.59. The predicted molar refractivity (Wildman–Crippen MR) is 82.2 cm³/mol. The van der Waals surface area contributed by atoms with E-state index < -0.39 is 0 Å². The Morgan fingerprint density at radius 1 is 1.32 bits per heavy atom. The fourth-order valence-electron chi connectivity index (χ4n) is 3.23. The lowest BCUT2D eigenvalue weighted by molar-refractivity contribution is 0.188. The van der Waals surface area contributed by atoms with Crippen molar-refractivity contribution in [1.29, 1.82) is 0 Å². The number of nitrogens with zero attached hydrogens (tertiary/aromatic N) is 1. The highest BCUT2D eigenvalue weighted by Crippen LogP contribution is 2.37. The summed E-state index contributed by atoms with van der Waals surface area (Å²) in [5.74, 6) is 0. The zero-order valence-electron chi connectivity index (χ0n) is 12.8. The van der Waals surface area contributed by atoms with Crippen LogP contribution in [0.25, 0.3) is 0 Å². The van der Waals surface area contributed by atoms with Gasteiger partial charge in [-0.1, -0.05) is 45.0 Å². The van der Waals surface area contributed by atoms with Crippen LogP contribution in [-0.2, 0) is 0 Å². The van der Waals surface area contributed by atoms with Gasteiger partial charge >= 0.3 is 0 Å². The SMILES string of the molecule is CCC(N)C(c1ccccc1C)N1CCC(C)(C)C1. The van der Waals surface area contributed by atoms with Crippen molar-refractivity contribution in [2.75, 3.05) is 13.1 Å². The van der Waals surface area contributed by atoms with Crippen molar-refractivity contribution in [3.63, 3.8) is 0 Å². The molecule has 0 saturated carbocycles. The lowest BCUT2D eigenvalue weighted by atomic mass is 9.91. The number of aryl methyl sites for hydroxylation is 1. The van der Waals surface area contributed by atoms with Crippen LogP contribution in [0, 0.1) is 12.3 Å². The molecule has 1 heterocycles. The van der Waals surface area contributed by atoms with Crippen LogP contribution in [0.1, 0.15) is 50.8 Å². The van der Waals surface area contributed by atoms with E-state index in [0.29, 0.717) is 11.5 Å². The summed E-state index contributed by atoms with van der Waals surface area (Å²) >= 11 is 0. The second-order valence-electron chi connectivity index (χ2n) is 6.76. The molecular weight excluding hydrogens is 232 g/mol. The molecule has 0 aromatic heterocycles. The maximum Gasteiger partial charge on any atom is 0.0501 e. The molecule has 106 valence electrons. The Morgan fingerprint density at radius 3 is 2.53 bits per heavy atom. The van der Waals surface area contributed by atoms with E-state index in [0.717, 1.165) is 13.0 Å². The minimum Gasteiger partial charge on any atom is -0.326 e. The Labute approximate surface area is 118 Å². The van der Waals surface area contributed by atoms with Crippen molar-refractivity contribution in [1.82, 2.24) is 4.90 Å². The third-order valence-corrected chi connectivity index (χ3v) is 4.48. The summed E-state index contributed by atoms with van der Waals surface area (Å²) in [6.07, 6.45) is 2.29. The standard InChI is InChI=1S/C17H28N2/c1-5-15(18)16(14-9-7-6-8-13(14)2)19-11-10-17(3,4)12-19/h6-9,15-16H,5,10-12,18H2,1-4H3. The molecule has 0 spiro atoms. The zero-order chi connectivity index (χ0) is 14.0. The number of benzene rings is 1. The van der Waals surface area contributed by atoms with Crippen molar-refractivity contribution in [3.05, 3.63) is 35.4 Å². The van der Waals surface area contributed by atoms with Gasteiger partial charge in [-0.25, -0.2) is 0 Å². The largest absolute Gasteiger partial charge is 0.326 e. The van der Waals surface area contributed by atoms with Gasteiger partial charge in [0, 0.05) is 12.6 Å². The average Bonchev–Trinajstić information content (AvgIpc) is 2.72.